The van der Waals surface area contributed by atoms with E-state index in [-0.39, 0.29) is 5.92 Å². The smallest absolute Gasteiger partial charge is 0.325 e. The summed E-state index contributed by atoms with van der Waals surface area (Å²) in [6, 6.07) is 5.23. The molecule has 0 spiro atoms. The molecule has 0 bridgehead atoms. The van der Waals surface area contributed by atoms with Crippen molar-refractivity contribution in [3.05, 3.63) is 34.9 Å². The second-order valence-electron chi connectivity index (χ2n) is 6.58. The van der Waals surface area contributed by atoms with Gasteiger partial charge in [-0.1, -0.05) is 43.6 Å². The quantitative estimate of drug-likeness (QED) is 0.674. The molecule has 6 amide bonds. The molecule has 1 saturated heterocycles. The SMILES string of the molecule is CC(C)CNC(=O)NC(=O)CN1C(=O)N[C@@](C)(c2ccccc2Cl)C1=O. The van der Waals surface area contributed by atoms with Gasteiger partial charge in [-0.15, -0.1) is 0 Å². The minimum absolute atomic E-state index is 0.220. The fraction of sp³-hybridized carbons (Fsp3) is 0.412. The van der Waals surface area contributed by atoms with Gasteiger partial charge in [0.2, 0.25) is 5.91 Å². The van der Waals surface area contributed by atoms with Gasteiger partial charge < -0.3 is 10.6 Å². The number of imide groups is 2. The molecule has 3 N–H and O–H groups in total. The second kappa shape index (κ2) is 7.74. The van der Waals surface area contributed by atoms with Crippen LogP contribution in [0.15, 0.2) is 24.3 Å². The van der Waals surface area contributed by atoms with Gasteiger partial charge in [0.25, 0.3) is 5.91 Å². The number of benzene rings is 1. The highest BCUT2D eigenvalue weighted by atomic mass is 35.5. The Bertz CT molecular complexity index is 752. The summed E-state index contributed by atoms with van der Waals surface area (Å²) in [5.74, 6) is -1.16. The molecule has 0 unspecified atom stereocenters. The average molecular weight is 381 g/mol. The fourth-order valence-electron chi connectivity index (χ4n) is 2.54. The van der Waals surface area contributed by atoms with Crippen molar-refractivity contribution in [2.45, 2.75) is 26.3 Å². The molecule has 26 heavy (non-hydrogen) atoms. The predicted octanol–water partition coefficient (Wildman–Crippen LogP) is 1.59. The van der Waals surface area contributed by atoms with Crippen LogP contribution in [0.3, 0.4) is 0 Å². The first-order valence-electron chi connectivity index (χ1n) is 8.12. The van der Waals surface area contributed by atoms with Crippen molar-refractivity contribution in [1.29, 1.82) is 0 Å². The number of halogens is 1. The lowest BCUT2D eigenvalue weighted by Crippen LogP contribution is -2.47. The molecule has 9 heteroatoms. The number of amides is 6. The van der Waals surface area contributed by atoms with Crippen LogP contribution in [0, 0.1) is 5.92 Å². The molecule has 140 valence electrons. The third kappa shape index (κ3) is 4.13. The Morgan fingerprint density at radius 1 is 1.27 bits per heavy atom. The van der Waals surface area contributed by atoms with E-state index in [4.69, 9.17) is 11.6 Å². The second-order valence-corrected chi connectivity index (χ2v) is 6.99. The number of carbonyl (C=O) groups is 4. The molecule has 8 nitrogen and oxygen atoms in total. The van der Waals surface area contributed by atoms with Gasteiger partial charge >= 0.3 is 12.1 Å². The minimum atomic E-state index is -1.38. The van der Waals surface area contributed by atoms with E-state index in [1.807, 2.05) is 13.8 Å². The Morgan fingerprint density at radius 2 is 1.92 bits per heavy atom. The monoisotopic (exact) mass is 380 g/mol. The lowest BCUT2D eigenvalue weighted by molar-refractivity contribution is -0.134. The topological polar surface area (TPSA) is 108 Å². The highest BCUT2D eigenvalue weighted by Gasteiger charge is 2.50. The lowest BCUT2D eigenvalue weighted by Gasteiger charge is -2.23. The Kier molecular flexibility index (Phi) is 5.86. The van der Waals surface area contributed by atoms with Crippen molar-refractivity contribution in [2.24, 2.45) is 5.92 Å². The minimum Gasteiger partial charge on any atom is -0.338 e. The molecule has 1 aliphatic rings. The zero-order chi connectivity index (χ0) is 19.5. The maximum Gasteiger partial charge on any atom is 0.325 e. The van der Waals surface area contributed by atoms with Gasteiger partial charge in [-0.3, -0.25) is 19.8 Å². The van der Waals surface area contributed by atoms with Crippen molar-refractivity contribution >= 4 is 35.5 Å². The summed E-state index contributed by atoms with van der Waals surface area (Å²) in [5.41, 5.74) is -0.951. The summed E-state index contributed by atoms with van der Waals surface area (Å²) in [7, 11) is 0. The Balaban J connectivity index is 2.06. The number of urea groups is 2. The molecule has 1 fully saturated rings. The standard InChI is InChI=1S/C17H21ClN4O4/c1-10(2)8-19-15(25)20-13(23)9-22-14(24)17(3,21-16(22)26)11-6-4-5-7-12(11)18/h4-7,10H,8-9H2,1-3H3,(H,21,26)(H2,19,20,23,25)/t17-/m0/s1. The van der Waals surface area contributed by atoms with E-state index in [2.05, 4.69) is 16.0 Å². The van der Waals surface area contributed by atoms with Crippen LogP contribution in [0.4, 0.5) is 9.59 Å². The largest absolute Gasteiger partial charge is 0.338 e. The highest BCUT2D eigenvalue weighted by molar-refractivity contribution is 6.32. The normalized spacial score (nSPS) is 19.5. The van der Waals surface area contributed by atoms with E-state index in [1.54, 1.807) is 24.3 Å². The third-order valence-electron chi connectivity index (χ3n) is 3.91. The first-order valence-corrected chi connectivity index (χ1v) is 8.49. The molecular weight excluding hydrogens is 360 g/mol. The van der Waals surface area contributed by atoms with Gasteiger partial charge in [-0.25, -0.2) is 9.59 Å². The van der Waals surface area contributed by atoms with Crippen LogP contribution in [0.2, 0.25) is 5.02 Å². The van der Waals surface area contributed by atoms with Crippen molar-refractivity contribution < 1.29 is 19.2 Å². The average Bonchev–Trinajstić information content (AvgIpc) is 2.77. The van der Waals surface area contributed by atoms with E-state index in [9.17, 15) is 19.2 Å². The number of nitrogens with zero attached hydrogens (tertiary/aromatic N) is 1. The highest BCUT2D eigenvalue weighted by Crippen LogP contribution is 2.33. The Labute approximate surface area is 156 Å². The molecule has 1 atom stereocenters. The van der Waals surface area contributed by atoms with Crippen LogP contribution >= 0.6 is 11.6 Å². The molecule has 0 radical (unpaired) electrons. The number of hydrogen-bond acceptors (Lipinski definition) is 4. The summed E-state index contributed by atoms with van der Waals surface area (Å²) in [4.78, 5) is 49.3. The number of rotatable bonds is 5. The van der Waals surface area contributed by atoms with Crippen LogP contribution < -0.4 is 16.0 Å². The maximum absolute atomic E-state index is 12.7. The first kappa shape index (κ1) is 19.7. The van der Waals surface area contributed by atoms with Crippen LogP contribution in [0.1, 0.15) is 26.3 Å². The maximum atomic E-state index is 12.7. The van der Waals surface area contributed by atoms with Crippen molar-refractivity contribution in [3.63, 3.8) is 0 Å². The molecule has 0 saturated carbocycles. The number of nitrogens with one attached hydrogen (secondary N) is 3. The summed E-state index contributed by atoms with van der Waals surface area (Å²) >= 11 is 6.14. The molecular formula is C17H21ClN4O4. The molecule has 1 aliphatic heterocycles. The van der Waals surface area contributed by atoms with Crippen LogP contribution in [-0.2, 0) is 15.1 Å². The molecule has 1 aromatic rings. The fourth-order valence-corrected chi connectivity index (χ4v) is 2.87. The van der Waals surface area contributed by atoms with Crippen LogP contribution in [-0.4, -0.2) is 41.9 Å². The van der Waals surface area contributed by atoms with Gasteiger partial charge in [-0.2, -0.15) is 0 Å². The zero-order valence-corrected chi connectivity index (χ0v) is 15.5. The molecule has 0 aliphatic carbocycles. The molecule has 2 rings (SSSR count). The number of carbonyl (C=O) groups excluding carboxylic acids is 4. The van der Waals surface area contributed by atoms with Crippen LogP contribution in [0.5, 0.6) is 0 Å². The van der Waals surface area contributed by atoms with Gasteiger partial charge in [-0.05, 0) is 18.9 Å². The molecule has 1 heterocycles. The Morgan fingerprint density at radius 3 is 2.54 bits per heavy atom. The van der Waals surface area contributed by atoms with E-state index in [0.717, 1.165) is 4.90 Å². The zero-order valence-electron chi connectivity index (χ0n) is 14.8. The summed E-state index contributed by atoms with van der Waals surface area (Å²) in [6.45, 7) is 5.16. The van der Waals surface area contributed by atoms with E-state index < -0.39 is 36.0 Å². The van der Waals surface area contributed by atoms with Gasteiger partial charge in [0, 0.05) is 17.1 Å². The van der Waals surface area contributed by atoms with E-state index >= 15 is 0 Å². The van der Waals surface area contributed by atoms with Crippen LogP contribution in [0.25, 0.3) is 0 Å². The van der Waals surface area contributed by atoms with Gasteiger partial charge in [0.15, 0.2) is 0 Å². The summed E-state index contributed by atoms with van der Waals surface area (Å²) in [5, 5.41) is 7.49. The summed E-state index contributed by atoms with van der Waals surface area (Å²) in [6.07, 6.45) is 0. The molecule has 0 aromatic heterocycles. The first-order chi connectivity index (χ1) is 12.1. The Hall–Kier alpha value is -2.61. The van der Waals surface area contributed by atoms with E-state index in [1.165, 1.54) is 6.92 Å². The predicted molar refractivity (Wildman–Crippen MR) is 95.4 cm³/mol. The van der Waals surface area contributed by atoms with E-state index in [0.29, 0.717) is 17.1 Å². The number of hydrogen-bond donors (Lipinski definition) is 3. The van der Waals surface area contributed by atoms with Crippen molar-refractivity contribution in [3.8, 4) is 0 Å². The van der Waals surface area contributed by atoms with Gasteiger partial charge in [0.1, 0.15) is 12.1 Å². The van der Waals surface area contributed by atoms with Gasteiger partial charge in [0.05, 0.1) is 0 Å². The van der Waals surface area contributed by atoms with Crippen molar-refractivity contribution in [2.75, 3.05) is 13.1 Å². The lowest BCUT2D eigenvalue weighted by atomic mass is 9.92. The molecule has 1 aromatic carbocycles. The summed E-state index contributed by atoms with van der Waals surface area (Å²) < 4.78 is 0. The van der Waals surface area contributed by atoms with Crippen molar-refractivity contribution in [1.82, 2.24) is 20.9 Å². The third-order valence-corrected chi connectivity index (χ3v) is 4.24.